The van der Waals surface area contributed by atoms with Gasteiger partial charge in [-0.2, -0.15) is 0 Å². The number of carboxylic acid groups (broad SMARTS) is 1. The van der Waals surface area contributed by atoms with E-state index in [2.05, 4.69) is 10.3 Å². The molecule has 0 saturated carbocycles. The Hall–Kier alpha value is -3.63. The number of hydrogen-bond acceptors (Lipinski definition) is 6. The van der Waals surface area contributed by atoms with E-state index in [9.17, 15) is 14.4 Å². The molecule has 3 amide bonds. The molecule has 2 aromatic carbocycles. The first kappa shape index (κ1) is 23.1. The molecule has 11 heteroatoms. The van der Waals surface area contributed by atoms with Crippen LogP contribution in [-0.4, -0.2) is 52.5 Å². The maximum Gasteiger partial charge on any atom is 0.335 e. The van der Waals surface area contributed by atoms with Gasteiger partial charge in [0.15, 0.2) is 5.13 Å². The number of carboxylic acids is 1. The summed E-state index contributed by atoms with van der Waals surface area (Å²) in [7, 11) is 0. The predicted molar refractivity (Wildman–Crippen MR) is 132 cm³/mol. The zero-order valence-electron chi connectivity index (χ0n) is 18.7. The number of fused-ring (bicyclic) bond motifs is 2. The minimum Gasteiger partial charge on any atom is -0.478 e. The Morgan fingerprint density at radius 3 is 2.77 bits per heavy atom. The van der Waals surface area contributed by atoms with Crippen molar-refractivity contribution in [3.63, 3.8) is 0 Å². The van der Waals surface area contributed by atoms with E-state index in [1.54, 1.807) is 34.9 Å². The zero-order valence-corrected chi connectivity index (χ0v) is 20.2. The number of benzene rings is 2. The van der Waals surface area contributed by atoms with E-state index in [1.165, 1.54) is 18.3 Å². The second-order valence-corrected chi connectivity index (χ2v) is 10.00. The molecule has 1 saturated heterocycles. The predicted octanol–water partition coefficient (Wildman–Crippen LogP) is 4.83. The van der Waals surface area contributed by atoms with Gasteiger partial charge in [0, 0.05) is 42.7 Å². The third kappa shape index (κ3) is 4.42. The topological polar surface area (TPSA) is 112 Å². The van der Waals surface area contributed by atoms with Gasteiger partial charge in [0.2, 0.25) is 11.0 Å². The molecule has 1 atom stereocenters. The van der Waals surface area contributed by atoms with Crippen molar-refractivity contribution < 1.29 is 24.2 Å². The second kappa shape index (κ2) is 8.86. The quantitative estimate of drug-likeness (QED) is 0.518. The summed E-state index contributed by atoms with van der Waals surface area (Å²) < 4.78 is 5.71. The highest BCUT2D eigenvalue weighted by Gasteiger charge is 2.49. The number of rotatable bonds is 4. The Morgan fingerprint density at radius 2 is 2.03 bits per heavy atom. The van der Waals surface area contributed by atoms with Crippen molar-refractivity contribution >= 4 is 51.7 Å². The number of halogens is 1. The molecule has 3 heterocycles. The van der Waals surface area contributed by atoms with Crippen molar-refractivity contribution in [2.75, 3.05) is 29.9 Å². The number of nitrogens with zero attached hydrogens (tertiary/aromatic N) is 3. The SMILES string of the molecule is CC(=O)N1CCC2(C1)CN(C(=O)Nc1ncc(Oc3cccc(C(=O)O)c3)s1)c1ccc(Cl)cc12. The summed E-state index contributed by atoms with van der Waals surface area (Å²) in [6, 6.07) is 11.2. The third-order valence-corrected chi connectivity index (χ3v) is 7.35. The molecule has 1 fully saturated rings. The molecule has 35 heavy (non-hydrogen) atoms. The molecule has 2 N–H and O–H groups in total. The van der Waals surface area contributed by atoms with Crippen LogP contribution in [0.3, 0.4) is 0 Å². The molecule has 0 radical (unpaired) electrons. The van der Waals surface area contributed by atoms with Crippen LogP contribution in [-0.2, 0) is 10.2 Å². The summed E-state index contributed by atoms with van der Waals surface area (Å²) in [5.41, 5.74) is 1.47. The van der Waals surface area contributed by atoms with E-state index >= 15 is 0 Å². The largest absolute Gasteiger partial charge is 0.478 e. The molecule has 3 aromatic rings. The van der Waals surface area contributed by atoms with E-state index in [1.807, 2.05) is 12.1 Å². The van der Waals surface area contributed by atoms with E-state index in [4.69, 9.17) is 21.4 Å². The Kier molecular flexibility index (Phi) is 5.86. The van der Waals surface area contributed by atoms with Gasteiger partial charge < -0.3 is 14.7 Å². The number of hydrogen-bond donors (Lipinski definition) is 2. The number of amides is 3. The second-order valence-electron chi connectivity index (χ2n) is 8.57. The van der Waals surface area contributed by atoms with Crippen LogP contribution in [0, 0.1) is 0 Å². The Bertz CT molecular complexity index is 1340. The van der Waals surface area contributed by atoms with Gasteiger partial charge in [-0.25, -0.2) is 14.6 Å². The summed E-state index contributed by atoms with van der Waals surface area (Å²) in [5, 5.41) is 13.3. The highest BCUT2D eigenvalue weighted by Crippen LogP contribution is 2.47. The van der Waals surface area contributed by atoms with Crippen molar-refractivity contribution in [2.24, 2.45) is 0 Å². The lowest BCUT2D eigenvalue weighted by atomic mass is 9.81. The fourth-order valence-electron chi connectivity index (χ4n) is 4.64. The van der Waals surface area contributed by atoms with Gasteiger partial charge in [-0.1, -0.05) is 29.0 Å². The summed E-state index contributed by atoms with van der Waals surface area (Å²) >= 11 is 7.41. The van der Waals surface area contributed by atoms with Crippen molar-refractivity contribution in [3.8, 4) is 10.8 Å². The Morgan fingerprint density at radius 1 is 1.20 bits per heavy atom. The van der Waals surface area contributed by atoms with Gasteiger partial charge >= 0.3 is 12.0 Å². The lowest BCUT2D eigenvalue weighted by Gasteiger charge is -2.25. The van der Waals surface area contributed by atoms with E-state index in [0.717, 1.165) is 29.0 Å². The van der Waals surface area contributed by atoms with Crippen molar-refractivity contribution in [1.82, 2.24) is 9.88 Å². The van der Waals surface area contributed by atoms with Crippen molar-refractivity contribution in [2.45, 2.75) is 18.8 Å². The summed E-state index contributed by atoms with van der Waals surface area (Å²) in [6.07, 6.45) is 2.21. The number of aromatic nitrogens is 1. The van der Waals surface area contributed by atoms with Crippen LogP contribution in [0.1, 0.15) is 29.3 Å². The number of ether oxygens (including phenoxy) is 1. The highest BCUT2D eigenvalue weighted by atomic mass is 35.5. The summed E-state index contributed by atoms with van der Waals surface area (Å²) in [4.78, 5) is 44.1. The van der Waals surface area contributed by atoms with Crippen LogP contribution in [0.25, 0.3) is 0 Å². The first-order valence-corrected chi connectivity index (χ1v) is 12.0. The molecule has 180 valence electrons. The molecule has 0 bridgehead atoms. The molecule has 1 spiro atoms. The number of likely N-dealkylation sites (tertiary alicyclic amines) is 1. The van der Waals surface area contributed by atoms with Gasteiger partial charge in [0.05, 0.1) is 11.8 Å². The number of carbonyl (C=O) groups is 3. The molecular formula is C24H21ClN4O5S. The molecule has 0 aliphatic carbocycles. The number of aromatic carboxylic acids is 1. The number of urea groups is 1. The minimum atomic E-state index is -1.05. The van der Waals surface area contributed by atoms with Crippen LogP contribution < -0.4 is 15.0 Å². The fraction of sp³-hybridized carbons (Fsp3) is 0.250. The number of anilines is 2. The molecule has 2 aliphatic heterocycles. The molecule has 2 aliphatic rings. The summed E-state index contributed by atoms with van der Waals surface area (Å²) in [5.74, 6) is -0.682. The standard InChI is InChI=1S/C24H21ClN4O5S/c1-14(30)28-8-7-24(12-28)13-29(19-6-5-16(25)10-18(19)24)23(33)27-22-26-11-20(35-22)34-17-4-2-3-15(9-17)21(31)32/h2-6,9-11H,7-8,12-13H2,1H3,(H,31,32)(H,26,27,33). The van der Waals surface area contributed by atoms with Gasteiger partial charge in [0.1, 0.15) is 5.75 Å². The van der Waals surface area contributed by atoms with Gasteiger partial charge in [-0.15, -0.1) is 0 Å². The molecule has 1 aromatic heterocycles. The molecule has 1 unspecified atom stereocenters. The van der Waals surface area contributed by atoms with Gasteiger partial charge in [-0.3, -0.25) is 15.0 Å². The first-order chi connectivity index (χ1) is 16.7. The van der Waals surface area contributed by atoms with Crippen LogP contribution in [0.2, 0.25) is 5.02 Å². The van der Waals surface area contributed by atoms with E-state index in [0.29, 0.717) is 40.6 Å². The number of thiazole rings is 1. The zero-order chi connectivity index (χ0) is 24.7. The third-order valence-electron chi connectivity index (χ3n) is 6.32. The lowest BCUT2D eigenvalue weighted by molar-refractivity contribution is -0.127. The van der Waals surface area contributed by atoms with E-state index < -0.39 is 5.97 Å². The maximum absolute atomic E-state index is 13.3. The lowest BCUT2D eigenvalue weighted by Crippen LogP contribution is -2.41. The maximum atomic E-state index is 13.3. The molecule has 9 nitrogen and oxygen atoms in total. The van der Waals surface area contributed by atoms with Crippen LogP contribution in [0.15, 0.2) is 48.7 Å². The normalized spacial score (nSPS) is 18.6. The smallest absolute Gasteiger partial charge is 0.335 e. The monoisotopic (exact) mass is 512 g/mol. The van der Waals surface area contributed by atoms with E-state index in [-0.39, 0.29) is 22.9 Å². The van der Waals surface area contributed by atoms with Crippen LogP contribution >= 0.6 is 22.9 Å². The number of carbonyl (C=O) groups excluding carboxylic acids is 2. The van der Waals surface area contributed by atoms with Crippen molar-refractivity contribution in [1.29, 1.82) is 0 Å². The van der Waals surface area contributed by atoms with Gasteiger partial charge in [0.25, 0.3) is 0 Å². The van der Waals surface area contributed by atoms with Crippen LogP contribution in [0.5, 0.6) is 10.8 Å². The number of nitrogens with one attached hydrogen (secondary N) is 1. The van der Waals surface area contributed by atoms with Crippen molar-refractivity contribution in [3.05, 3.63) is 64.8 Å². The molecule has 5 rings (SSSR count). The summed E-state index contributed by atoms with van der Waals surface area (Å²) in [6.45, 7) is 3.14. The fourth-order valence-corrected chi connectivity index (χ4v) is 5.49. The highest BCUT2D eigenvalue weighted by molar-refractivity contribution is 7.17. The Labute approximate surface area is 209 Å². The first-order valence-electron chi connectivity index (χ1n) is 10.9. The average Bonchev–Trinajstić information content (AvgIpc) is 3.53. The Balaban J connectivity index is 1.33. The average molecular weight is 513 g/mol. The minimum absolute atomic E-state index is 0.0116. The van der Waals surface area contributed by atoms with Crippen LogP contribution in [0.4, 0.5) is 15.6 Å². The molecular weight excluding hydrogens is 492 g/mol. The van der Waals surface area contributed by atoms with Gasteiger partial charge in [-0.05, 0) is 48.4 Å².